The summed E-state index contributed by atoms with van der Waals surface area (Å²) in [5, 5.41) is 4.72. The van der Waals surface area contributed by atoms with Crippen LogP contribution in [0.25, 0.3) is 109 Å². The molecule has 0 atom stereocenters. The molecule has 0 aliphatic heterocycles. The number of hydrogen-bond donors (Lipinski definition) is 0. The van der Waals surface area contributed by atoms with Crippen molar-refractivity contribution in [1.29, 1.82) is 0 Å². The Morgan fingerprint density at radius 1 is 0.304 bits per heavy atom. The van der Waals surface area contributed by atoms with Crippen LogP contribution in [-0.4, -0.2) is 9.97 Å². The highest BCUT2D eigenvalue weighted by Crippen LogP contribution is 2.40. The molecular weight excluding hydrogens is 701 g/mol. The molecule has 3 heterocycles. The first-order valence-corrected chi connectivity index (χ1v) is 19.6. The lowest BCUT2D eigenvalue weighted by molar-refractivity contribution is 0.669. The maximum Gasteiger partial charge on any atom is 0.160 e. The second kappa shape index (κ2) is 13.3. The molecule has 0 aliphatic rings. The molecule has 11 aromatic rings. The van der Waals surface area contributed by atoms with E-state index in [1.54, 1.807) is 0 Å². The van der Waals surface area contributed by atoms with E-state index < -0.39 is 0 Å². The smallest absolute Gasteiger partial charge is 0.160 e. The molecule has 0 radical (unpaired) electrons. The van der Waals surface area contributed by atoms with Gasteiger partial charge < -0.3 is 4.42 Å². The van der Waals surface area contributed by atoms with E-state index in [-0.39, 0.29) is 0 Å². The summed E-state index contributed by atoms with van der Waals surface area (Å²) >= 11 is 1.84. The molecule has 0 spiro atoms. The van der Waals surface area contributed by atoms with Crippen LogP contribution in [0.5, 0.6) is 0 Å². The Labute approximate surface area is 327 Å². The van der Waals surface area contributed by atoms with Gasteiger partial charge in [-0.05, 0) is 106 Å². The van der Waals surface area contributed by atoms with Gasteiger partial charge in [0.15, 0.2) is 5.82 Å². The van der Waals surface area contributed by atoms with Crippen LogP contribution in [0.4, 0.5) is 0 Å². The highest BCUT2D eigenvalue weighted by molar-refractivity contribution is 7.25. The van der Waals surface area contributed by atoms with Crippen LogP contribution >= 0.6 is 11.3 Å². The average Bonchev–Trinajstić information content (AvgIpc) is 3.84. The molecule has 0 aliphatic carbocycles. The van der Waals surface area contributed by atoms with Gasteiger partial charge in [-0.2, -0.15) is 0 Å². The maximum absolute atomic E-state index is 6.19. The Bertz CT molecular complexity index is 3250. The molecule has 0 saturated heterocycles. The molecule has 262 valence electrons. The zero-order chi connectivity index (χ0) is 37.0. The molecule has 0 N–H and O–H groups in total. The van der Waals surface area contributed by atoms with E-state index in [1.807, 2.05) is 41.7 Å². The molecule has 3 nitrogen and oxygen atoms in total. The number of furan rings is 1. The minimum absolute atomic E-state index is 0.680. The van der Waals surface area contributed by atoms with Crippen molar-refractivity contribution >= 4 is 53.4 Å². The van der Waals surface area contributed by atoms with Crippen LogP contribution in [0, 0.1) is 0 Å². The summed E-state index contributed by atoms with van der Waals surface area (Å²) in [6.45, 7) is 0. The van der Waals surface area contributed by atoms with E-state index in [4.69, 9.17) is 14.4 Å². The Hall–Kier alpha value is -7.14. The predicted molar refractivity (Wildman–Crippen MR) is 235 cm³/mol. The van der Waals surface area contributed by atoms with Gasteiger partial charge in [-0.1, -0.05) is 121 Å². The zero-order valence-electron chi connectivity index (χ0n) is 30.2. The van der Waals surface area contributed by atoms with Gasteiger partial charge in [-0.15, -0.1) is 11.3 Å². The van der Waals surface area contributed by atoms with Crippen LogP contribution in [0.2, 0.25) is 0 Å². The lowest BCUT2D eigenvalue weighted by Crippen LogP contribution is -1.96. The Kier molecular flexibility index (Phi) is 7.68. The molecule has 3 aromatic heterocycles. The second-order valence-corrected chi connectivity index (χ2v) is 15.3. The number of thiophene rings is 1. The van der Waals surface area contributed by atoms with Gasteiger partial charge in [0, 0.05) is 47.6 Å². The van der Waals surface area contributed by atoms with E-state index in [1.165, 1.54) is 36.9 Å². The van der Waals surface area contributed by atoms with Gasteiger partial charge in [-0.25, -0.2) is 9.97 Å². The van der Waals surface area contributed by atoms with Crippen LogP contribution in [0.15, 0.2) is 199 Å². The summed E-state index contributed by atoms with van der Waals surface area (Å²) in [7, 11) is 0. The highest BCUT2D eigenvalue weighted by Gasteiger charge is 2.16. The Morgan fingerprint density at radius 2 is 0.839 bits per heavy atom. The molecule has 8 aromatic carbocycles. The molecule has 0 amide bonds. The van der Waals surface area contributed by atoms with Crippen LogP contribution in [0.3, 0.4) is 0 Å². The van der Waals surface area contributed by atoms with Crippen LogP contribution in [0.1, 0.15) is 0 Å². The van der Waals surface area contributed by atoms with Crippen molar-refractivity contribution in [2.24, 2.45) is 0 Å². The van der Waals surface area contributed by atoms with Gasteiger partial charge >= 0.3 is 0 Å². The van der Waals surface area contributed by atoms with Gasteiger partial charge in [0.05, 0.1) is 11.4 Å². The summed E-state index contributed by atoms with van der Waals surface area (Å²) in [6.07, 6.45) is 0. The topological polar surface area (TPSA) is 38.9 Å². The molecule has 11 rings (SSSR count). The number of fused-ring (bicyclic) bond motifs is 6. The molecule has 4 heteroatoms. The van der Waals surface area contributed by atoms with Crippen LogP contribution in [-0.2, 0) is 0 Å². The lowest BCUT2D eigenvalue weighted by Gasteiger charge is -2.14. The van der Waals surface area contributed by atoms with Crippen molar-refractivity contribution < 1.29 is 4.42 Å². The van der Waals surface area contributed by atoms with Crippen molar-refractivity contribution in [3.63, 3.8) is 0 Å². The van der Waals surface area contributed by atoms with Crippen molar-refractivity contribution in [3.8, 4) is 67.3 Å². The average molecular weight is 733 g/mol. The Balaban J connectivity index is 1.13. The second-order valence-electron chi connectivity index (χ2n) is 14.2. The maximum atomic E-state index is 6.19. The van der Waals surface area contributed by atoms with Crippen molar-refractivity contribution in [3.05, 3.63) is 194 Å². The monoisotopic (exact) mass is 732 g/mol. The third-order valence-electron chi connectivity index (χ3n) is 10.7. The molecule has 0 unspecified atom stereocenters. The van der Waals surface area contributed by atoms with Gasteiger partial charge in [-0.3, -0.25) is 0 Å². The van der Waals surface area contributed by atoms with Crippen LogP contribution < -0.4 is 0 Å². The summed E-state index contributed by atoms with van der Waals surface area (Å²) in [5.41, 5.74) is 13.4. The third-order valence-corrected chi connectivity index (χ3v) is 11.8. The predicted octanol–water partition coefficient (Wildman–Crippen LogP) is 14.7. The number of para-hydroxylation sites is 1. The van der Waals surface area contributed by atoms with Gasteiger partial charge in [0.25, 0.3) is 0 Å². The third kappa shape index (κ3) is 5.76. The lowest BCUT2D eigenvalue weighted by atomic mass is 9.92. The first-order valence-electron chi connectivity index (χ1n) is 18.8. The van der Waals surface area contributed by atoms with E-state index >= 15 is 0 Å². The summed E-state index contributed by atoms with van der Waals surface area (Å²) in [5.74, 6) is 0.680. The van der Waals surface area contributed by atoms with Gasteiger partial charge in [0.2, 0.25) is 0 Å². The van der Waals surface area contributed by atoms with E-state index in [2.05, 4.69) is 164 Å². The first kappa shape index (κ1) is 32.3. The molecule has 56 heavy (non-hydrogen) atoms. The summed E-state index contributed by atoms with van der Waals surface area (Å²) in [4.78, 5) is 10.5. The molecule has 0 bridgehead atoms. The van der Waals surface area contributed by atoms with Crippen molar-refractivity contribution in [1.82, 2.24) is 9.97 Å². The SMILES string of the molecule is c1ccc(-c2cccc(-c3cc(-c4ccc5sc6ccccc6c5c4)cc(-c4cc(-c5ccc6oc7ccccc7c6c5)nc(-c5ccccc5)n4)c3)c2)cc1. The first-order chi connectivity index (χ1) is 27.7. The summed E-state index contributed by atoms with van der Waals surface area (Å²) in [6, 6.07) is 68.8. The normalized spacial score (nSPS) is 11.6. The fraction of sp³-hybridized carbons (Fsp3) is 0. The van der Waals surface area contributed by atoms with Crippen molar-refractivity contribution in [2.45, 2.75) is 0 Å². The van der Waals surface area contributed by atoms with E-state index in [9.17, 15) is 0 Å². The van der Waals surface area contributed by atoms with Crippen molar-refractivity contribution in [2.75, 3.05) is 0 Å². The minimum atomic E-state index is 0.680. The number of hydrogen-bond acceptors (Lipinski definition) is 4. The quantitative estimate of drug-likeness (QED) is 0.171. The zero-order valence-corrected chi connectivity index (χ0v) is 31.0. The number of aromatic nitrogens is 2. The largest absolute Gasteiger partial charge is 0.456 e. The van der Waals surface area contributed by atoms with E-state index in [0.717, 1.165) is 66.7 Å². The fourth-order valence-corrected chi connectivity index (χ4v) is 8.95. The molecule has 0 fully saturated rings. The number of nitrogens with zero attached hydrogens (tertiary/aromatic N) is 2. The highest BCUT2D eigenvalue weighted by atomic mass is 32.1. The molecular formula is C52H32N2OS. The fourth-order valence-electron chi connectivity index (χ4n) is 7.87. The number of rotatable bonds is 6. The standard InChI is InChI=1S/C52H32N2OS/c1-3-12-33(13-4-1)35-16-11-17-36(26-35)39-27-40(37-23-25-51-45(30-37)43-19-8-10-21-50(43)56-51)29-41(28-39)47-32-46(53-52(54-47)34-14-5-2-6-15-34)38-22-24-49-44(31-38)42-18-7-9-20-48(42)55-49/h1-32H. The summed E-state index contributed by atoms with van der Waals surface area (Å²) < 4.78 is 8.78. The van der Waals surface area contributed by atoms with E-state index in [0.29, 0.717) is 5.82 Å². The van der Waals surface area contributed by atoms with Gasteiger partial charge in [0.1, 0.15) is 11.2 Å². The Morgan fingerprint density at radius 3 is 1.64 bits per heavy atom. The molecule has 0 saturated carbocycles. The minimum Gasteiger partial charge on any atom is -0.456 e. The number of benzene rings is 8.